The first kappa shape index (κ1) is 12.7. The Bertz CT molecular complexity index is 587. The van der Waals surface area contributed by atoms with Crippen LogP contribution in [-0.2, 0) is 7.05 Å². The number of benzene rings is 1. The van der Waals surface area contributed by atoms with Crippen LogP contribution in [0, 0.1) is 0 Å². The second kappa shape index (κ2) is 4.88. The summed E-state index contributed by atoms with van der Waals surface area (Å²) in [6, 6.07) is 2.65. The number of phenols is 1. The molecule has 0 bridgehead atoms. The third-order valence-electron chi connectivity index (χ3n) is 2.22. The van der Waals surface area contributed by atoms with Crippen molar-refractivity contribution < 1.29 is 9.90 Å². The minimum absolute atomic E-state index is 0.0232. The molecule has 0 spiro atoms. The zero-order valence-electron chi connectivity index (χ0n) is 9.32. The molecule has 2 aromatic rings. The fourth-order valence-electron chi connectivity index (χ4n) is 1.46. The van der Waals surface area contributed by atoms with E-state index < -0.39 is 5.91 Å². The number of rotatable bonds is 2. The van der Waals surface area contributed by atoms with Gasteiger partial charge in [0.25, 0.3) is 5.91 Å². The van der Waals surface area contributed by atoms with Crippen molar-refractivity contribution in [2.45, 2.75) is 0 Å². The number of aryl methyl sites for hydroxylation is 1. The van der Waals surface area contributed by atoms with Crippen LogP contribution >= 0.6 is 23.2 Å². The highest BCUT2D eigenvalue weighted by Crippen LogP contribution is 2.30. The number of hydrogen-bond donors (Lipinski definition) is 2. The zero-order chi connectivity index (χ0) is 13.3. The molecule has 18 heavy (non-hydrogen) atoms. The Morgan fingerprint density at radius 3 is 2.72 bits per heavy atom. The van der Waals surface area contributed by atoms with Crippen LogP contribution in [0.2, 0.25) is 10.0 Å². The summed E-state index contributed by atoms with van der Waals surface area (Å²) in [7, 11) is 1.72. The number of aromatic nitrogens is 2. The van der Waals surface area contributed by atoms with Gasteiger partial charge in [-0.15, -0.1) is 0 Å². The summed E-state index contributed by atoms with van der Waals surface area (Å²) in [5.41, 5.74) is 0.484. The van der Waals surface area contributed by atoms with E-state index in [0.29, 0.717) is 5.69 Å². The van der Waals surface area contributed by atoms with Crippen molar-refractivity contribution in [2.75, 3.05) is 5.32 Å². The first-order valence-electron chi connectivity index (χ1n) is 4.95. The van der Waals surface area contributed by atoms with Gasteiger partial charge in [0.2, 0.25) is 0 Å². The zero-order valence-corrected chi connectivity index (χ0v) is 10.8. The number of hydrogen-bond acceptors (Lipinski definition) is 3. The fraction of sp³-hybridized carbons (Fsp3) is 0.0909. The Morgan fingerprint density at radius 1 is 1.44 bits per heavy atom. The van der Waals surface area contributed by atoms with E-state index in [1.807, 2.05) is 0 Å². The normalized spacial score (nSPS) is 10.4. The molecule has 0 aliphatic rings. The Labute approximate surface area is 113 Å². The average molecular weight is 286 g/mol. The number of nitrogens with zero attached hydrogens (tertiary/aromatic N) is 2. The van der Waals surface area contributed by atoms with Gasteiger partial charge in [0.15, 0.2) is 0 Å². The van der Waals surface area contributed by atoms with Gasteiger partial charge < -0.3 is 10.4 Å². The lowest BCUT2D eigenvalue weighted by Gasteiger charge is -2.07. The molecule has 0 aliphatic carbocycles. The number of amides is 1. The monoisotopic (exact) mass is 285 g/mol. The lowest BCUT2D eigenvalue weighted by molar-refractivity contribution is 0.102. The summed E-state index contributed by atoms with van der Waals surface area (Å²) >= 11 is 11.6. The summed E-state index contributed by atoms with van der Waals surface area (Å²) in [5, 5.41) is 16.5. The van der Waals surface area contributed by atoms with E-state index in [2.05, 4.69) is 10.4 Å². The molecule has 0 radical (unpaired) electrons. The van der Waals surface area contributed by atoms with E-state index in [0.717, 1.165) is 0 Å². The molecule has 7 heteroatoms. The van der Waals surface area contributed by atoms with Gasteiger partial charge in [-0.3, -0.25) is 9.48 Å². The number of aromatic hydroxyl groups is 1. The lowest BCUT2D eigenvalue weighted by Crippen LogP contribution is -2.12. The molecule has 0 unspecified atom stereocenters. The molecule has 1 aromatic carbocycles. The number of nitrogens with one attached hydrogen (secondary N) is 1. The average Bonchev–Trinajstić information content (AvgIpc) is 2.62. The van der Waals surface area contributed by atoms with E-state index in [1.54, 1.807) is 17.9 Å². The van der Waals surface area contributed by atoms with Gasteiger partial charge >= 0.3 is 0 Å². The molecule has 0 atom stereocenters. The molecule has 0 saturated carbocycles. The highest BCUT2D eigenvalue weighted by molar-refractivity contribution is 6.37. The van der Waals surface area contributed by atoms with Crippen LogP contribution in [-0.4, -0.2) is 20.8 Å². The minimum atomic E-state index is -0.526. The molecule has 5 nitrogen and oxygen atoms in total. The smallest absolute Gasteiger partial charge is 0.261 e. The van der Waals surface area contributed by atoms with Crippen LogP contribution in [0.5, 0.6) is 5.75 Å². The molecule has 0 fully saturated rings. The first-order chi connectivity index (χ1) is 8.47. The Balaban J connectivity index is 2.29. The molecule has 0 aliphatic heterocycles. The molecule has 2 rings (SSSR count). The van der Waals surface area contributed by atoms with Crippen molar-refractivity contribution in [3.63, 3.8) is 0 Å². The van der Waals surface area contributed by atoms with Crippen molar-refractivity contribution >= 4 is 34.8 Å². The molecular weight excluding hydrogens is 277 g/mol. The molecule has 0 saturated heterocycles. The van der Waals surface area contributed by atoms with Crippen LogP contribution in [0.4, 0.5) is 5.69 Å². The largest absolute Gasteiger partial charge is 0.507 e. The van der Waals surface area contributed by atoms with Gasteiger partial charge in [0, 0.05) is 18.3 Å². The van der Waals surface area contributed by atoms with Crippen molar-refractivity contribution in [1.29, 1.82) is 0 Å². The van der Waals surface area contributed by atoms with Crippen molar-refractivity contribution in [2.24, 2.45) is 7.05 Å². The van der Waals surface area contributed by atoms with E-state index in [-0.39, 0.29) is 21.4 Å². The van der Waals surface area contributed by atoms with E-state index in [9.17, 15) is 9.90 Å². The minimum Gasteiger partial charge on any atom is -0.507 e. The third kappa shape index (κ3) is 2.57. The van der Waals surface area contributed by atoms with Gasteiger partial charge in [-0.2, -0.15) is 5.10 Å². The Kier molecular flexibility index (Phi) is 3.45. The second-order valence-corrected chi connectivity index (χ2v) is 4.48. The summed E-state index contributed by atoms with van der Waals surface area (Å²) < 4.78 is 1.54. The summed E-state index contributed by atoms with van der Waals surface area (Å²) in [5.74, 6) is -0.795. The quantitative estimate of drug-likeness (QED) is 0.892. The van der Waals surface area contributed by atoms with Crippen LogP contribution in [0.3, 0.4) is 0 Å². The number of halogens is 2. The maximum atomic E-state index is 11.9. The Morgan fingerprint density at radius 2 is 2.17 bits per heavy atom. The molecule has 1 amide bonds. The van der Waals surface area contributed by atoms with E-state index >= 15 is 0 Å². The highest BCUT2D eigenvalue weighted by Gasteiger charge is 2.17. The van der Waals surface area contributed by atoms with Gasteiger partial charge in [-0.1, -0.05) is 23.2 Å². The van der Waals surface area contributed by atoms with Gasteiger partial charge in [-0.05, 0) is 12.1 Å². The van der Waals surface area contributed by atoms with Crippen molar-refractivity contribution in [3.8, 4) is 5.75 Å². The Hall–Kier alpha value is -1.72. The highest BCUT2D eigenvalue weighted by atomic mass is 35.5. The van der Waals surface area contributed by atoms with Gasteiger partial charge in [0.1, 0.15) is 11.3 Å². The summed E-state index contributed by atoms with van der Waals surface area (Å²) in [6.07, 6.45) is 3.11. The van der Waals surface area contributed by atoms with Crippen LogP contribution < -0.4 is 5.32 Å². The molecule has 1 heterocycles. The van der Waals surface area contributed by atoms with Crippen molar-refractivity contribution in [3.05, 3.63) is 40.1 Å². The van der Waals surface area contributed by atoms with Crippen molar-refractivity contribution in [1.82, 2.24) is 9.78 Å². The predicted octanol–water partition coefficient (Wildman–Crippen LogP) is 2.68. The lowest BCUT2D eigenvalue weighted by atomic mass is 10.2. The molecule has 94 valence electrons. The van der Waals surface area contributed by atoms with Crippen LogP contribution in [0.15, 0.2) is 24.5 Å². The van der Waals surface area contributed by atoms with Crippen LogP contribution in [0.1, 0.15) is 10.4 Å². The van der Waals surface area contributed by atoms with E-state index in [1.165, 1.54) is 18.3 Å². The number of carbonyl (C=O) groups is 1. The maximum absolute atomic E-state index is 11.9. The summed E-state index contributed by atoms with van der Waals surface area (Å²) in [4.78, 5) is 11.9. The molecule has 2 N–H and O–H groups in total. The SMILES string of the molecule is Cn1cc(NC(=O)c2c(O)cc(Cl)cc2Cl)cn1. The topological polar surface area (TPSA) is 67.2 Å². The number of anilines is 1. The first-order valence-corrected chi connectivity index (χ1v) is 5.71. The number of carbonyl (C=O) groups excluding carboxylic acids is 1. The van der Waals surface area contributed by atoms with E-state index in [4.69, 9.17) is 23.2 Å². The fourth-order valence-corrected chi connectivity index (χ4v) is 2.03. The molecule has 1 aromatic heterocycles. The standard InChI is InChI=1S/C11H9Cl2N3O2/c1-16-5-7(4-14-16)15-11(18)10-8(13)2-6(12)3-9(10)17/h2-5,17H,1H3,(H,15,18). The van der Waals surface area contributed by atoms with Gasteiger partial charge in [0.05, 0.1) is 16.9 Å². The second-order valence-electron chi connectivity index (χ2n) is 3.64. The van der Waals surface area contributed by atoms with Crippen LogP contribution in [0.25, 0.3) is 0 Å². The predicted molar refractivity (Wildman–Crippen MR) is 69.3 cm³/mol. The maximum Gasteiger partial charge on any atom is 0.261 e. The number of phenolic OH excluding ortho intramolecular Hbond substituents is 1. The van der Waals surface area contributed by atoms with Gasteiger partial charge in [-0.25, -0.2) is 0 Å². The molecular formula is C11H9Cl2N3O2. The third-order valence-corrected chi connectivity index (χ3v) is 2.74. The summed E-state index contributed by atoms with van der Waals surface area (Å²) in [6.45, 7) is 0.